The Bertz CT molecular complexity index is 948. The second-order valence-electron chi connectivity index (χ2n) is 5.04. The lowest BCUT2D eigenvalue weighted by Crippen LogP contribution is -1.93. The van der Waals surface area contributed by atoms with Gasteiger partial charge >= 0.3 is 0 Å². The van der Waals surface area contributed by atoms with E-state index in [4.69, 9.17) is 4.52 Å². The van der Waals surface area contributed by atoms with Crippen molar-refractivity contribution in [1.29, 1.82) is 0 Å². The molecule has 4 rings (SSSR count). The van der Waals surface area contributed by atoms with E-state index in [9.17, 15) is 0 Å². The minimum absolute atomic E-state index is 0.718. The third-order valence-electron chi connectivity index (χ3n) is 3.36. The molecule has 0 bridgehead atoms. The van der Waals surface area contributed by atoms with E-state index < -0.39 is 0 Å². The Hall–Kier alpha value is -2.18. The van der Waals surface area contributed by atoms with Crippen molar-refractivity contribution in [3.8, 4) is 10.6 Å². The van der Waals surface area contributed by atoms with Crippen molar-refractivity contribution in [2.24, 2.45) is 0 Å². The maximum Gasteiger partial charge on any atom is 0.177 e. The van der Waals surface area contributed by atoms with Crippen LogP contribution in [0.1, 0.15) is 11.5 Å². The van der Waals surface area contributed by atoms with E-state index in [0.29, 0.717) is 0 Å². The minimum atomic E-state index is 0.718. The van der Waals surface area contributed by atoms with Gasteiger partial charge in [-0.1, -0.05) is 41.2 Å². The molecule has 114 valence electrons. The SMILES string of the molecule is Cc1nc(SCc2cc(-c3cccs3)on2)c2ccccc2n1. The summed E-state index contributed by atoms with van der Waals surface area (Å²) in [6.45, 7) is 1.92. The highest BCUT2D eigenvalue weighted by atomic mass is 32.2. The fourth-order valence-corrected chi connectivity index (χ4v) is 3.94. The molecule has 0 N–H and O–H groups in total. The first kappa shape index (κ1) is 14.4. The molecule has 0 spiro atoms. The highest BCUT2D eigenvalue weighted by Gasteiger charge is 2.10. The predicted molar refractivity (Wildman–Crippen MR) is 93.7 cm³/mol. The van der Waals surface area contributed by atoms with Crippen LogP contribution in [0.4, 0.5) is 0 Å². The normalized spacial score (nSPS) is 11.2. The highest BCUT2D eigenvalue weighted by Crippen LogP contribution is 2.30. The summed E-state index contributed by atoms with van der Waals surface area (Å²) in [5.74, 6) is 2.32. The molecule has 0 saturated carbocycles. The first-order valence-corrected chi connectivity index (χ1v) is 9.02. The van der Waals surface area contributed by atoms with Crippen molar-refractivity contribution >= 4 is 34.0 Å². The monoisotopic (exact) mass is 339 g/mol. The number of thioether (sulfide) groups is 1. The van der Waals surface area contributed by atoms with Gasteiger partial charge in [0.15, 0.2) is 5.76 Å². The molecule has 4 nitrogen and oxygen atoms in total. The van der Waals surface area contributed by atoms with Crippen molar-refractivity contribution in [2.75, 3.05) is 0 Å². The molecular weight excluding hydrogens is 326 g/mol. The summed E-state index contributed by atoms with van der Waals surface area (Å²) in [4.78, 5) is 10.1. The number of nitrogens with zero attached hydrogens (tertiary/aromatic N) is 3. The standard InChI is InChI=1S/C17H13N3OS2/c1-11-18-14-6-3-2-5-13(14)17(19-11)23-10-12-9-15(21-20-12)16-7-4-8-22-16/h2-9H,10H2,1H3. The van der Waals surface area contributed by atoms with Gasteiger partial charge in [-0.2, -0.15) is 0 Å². The second kappa shape index (κ2) is 6.14. The fourth-order valence-electron chi connectivity index (χ4n) is 2.33. The summed E-state index contributed by atoms with van der Waals surface area (Å²) >= 11 is 3.30. The van der Waals surface area contributed by atoms with Crippen LogP contribution in [0.3, 0.4) is 0 Å². The van der Waals surface area contributed by atoms with E-state index in [1.807, 2.05) is 48.7 Å². The maximum absolute atomic E-state index is 5.42. The van der Waals surface area contributed by atoms with Crippen LogP contribution >= 0.6 is 23.1 Å². The van der Waals surface area contributed by atoms with E-state index in [1.165, 1.54) is 0 Å². The number of para-hydroxylation sites is 1. The third kappa shape index (κ3) is 3.00. The molecule has 6 heteroatoms. The largest absolute Gasteiger partial charge is 0.355 e. The number of benzene rings is 1. The number of hydrogen-bond acceptors (Lipinski definition) is 6. The molecule has 0 aliphatic heterocycles. The molecule has 1 aromatic carbocycles. The number of aromatic nitrogens is 3. The Morgan fingerprint density at radius 1 is 1.13 bits per heavy atom. The zero-order valence-electron chi connectivity index (χ0n) is 12.4. The van der Waals surface area contributed by atoms with Crippen LogP contribution in [0.2, 0.25) is 0 Å². The third-order valence-corrected chi connectivity index (χ3v) is 5.27. The Morgan fingerprint density at radius 2 is 2.04 bits per heavy atom. The average molecular weight is 339 g/mol. The van der Waals surface area contributed by atoms with E-state index >= 15 is 0 Å². The zero-order chi connectivity index (χ0) is 15.6. The molecule has 0 saturated heterocycles. The molecule has 0 aliphatic rings. The molecular formula is C17H13N3OS2. The summed E-state index contributed by atoms with van der Waals surface area (Å²) < 4.78 is 5.42. The first-order valence-electron chi connectivity index (χ1n) is 7.15. The van der Waals surface area contributed by atoms with Crippen LogP contribution in [0, 0.1) is 6.92 Å². The van der Waals surface area contributed by atoms with Gasteiger partial charge in [0.25, 0.3) is 0 Å². The van der Waals surface area contributed by atoms with Gasteiger partial charge in [0.2, 0.25) is 0 Å². The molecule has 3 heterocycles. The first-order chi connectivity index (χ1) is 11.3. The molecule has 0 unspecified atom stereocenters. The average Bonchev–Trinajstić information content (AvgIpc) is 3.23. The Balaban J connectivity index is 1.58. The number of hydrogen-bond donors (Lipinski definition) is 0. The summed E-state index contributed by atoms with van der Waals surface area (Å²) in [7, 11) is 0. The van der Waals surface area contributed by atoms with E-state index in [1.54, 1.807) is 23.1 Å². The number of rotatable bonds is 4. The molecule has 0 amide bonds. The molecule has 0 radical (unpaired) electrons. The van der Waals surface area contributed by atoms with E-state index in [2.05, 4.69) is 21.2 Å². The summed E-state index contributed by atoms with van der Waals surface area (Å²) in [5, 5.41) is 8.24. The Morgan fingerprint density at radius 3 is 2.91 bits per heavy atom. The van der Waals surface area contributed by atoms with Crippen molar-refractivity contribution in [1.82, 2.24) is 15.1 Å². The van der Waals surface area contributed by atoms with Gasteiger partial charge < -0.3 is 4.52 Å². The molecule has 0 aliphatic carbocycles. The topological polar surface area (TPSA) is 51.8 Å². The van der Waals surface area contributed by atoms with Crippen LogP contribution < -0.4 is 0 Å². The summed E-state index contributed by atoms with van der Waals surface area (Å²) in [6, 6.07) is 14.1. The van der Waals surface area contributed by atoms with Crippen LogP contribution in [-0.2, 0) is 5.75 Å². The highest BCUT2D eigenvalue weighted by molar-refractivity contribution is 7.98. The van der Waals surface area contributed by atoms with Crippen molar-refractivity contribution < 1.29 is 4.52 Å². The van der Waals surface area contributed by atoms with Gasteiger partial charge in [0.1, 0.15) is 10.9 Å². The van der Waals surface area contributed by atoms with Crippen molar-refractivity contribution in [3.05, 3.63) is 59.4 Å². The van der Waals surface area contributed by atoms with Gasteiger partial charge in [0, 0.05) is 17.2 Å². The van der Waals surface area contributed by atoms with E-state index in [0.717, 1.165) is 43.8 Å². The van der Waals surface area contributed by atoms with Crippen LogP contribution in [0.5, 0.6) is 0 Å². The van der Waals surface area contributed by atoms with Crippen LogP contribution in [-0.4, -0.2) is 15.1 Å². The van der Waals surface area contributed by atoms with E-state index in [-0.39, 0.29) is 0 Å². The zero-order valence-corrected chi connectivity index (χ0v) is 14.0. The predicted octanol–water partition coefficient (Wildman–Crippen LogP) is 4.95. The Kier molecular flexibility index (Phi) is 3.85. The molecule has 0 atom stereocenters. The number of aryl methyl sites for hydroxylation is 1. The van der Waals surface area contributed by atoms with Crippen molar-refractivity contribution in [3.63, 3.8) is 0 Å². The maximum atomic E-state index is 5.42. The lowest BCUT2D eigenvalue weighted by atomic mass is 10.2. The second-order valence-corrected chi connectivity index (χ2v) is 6.95. The van der Waals surface area contributed by atoms with Gasteiger partial charge in [-0.05, 0) is 24.4 Å². The van der Waals surface area contributed by atoms with Crippen molar-refractivity contribution in [2.45, 2.75) is 17.7 Å². The molecule has 4 aromatic rings. The molecule has 3 aromatic heterocycles. The fraction of sp³-hybridized carbons (Fsp3) is 0.118. The van der Waals surface area contributed by atoms with Crippen LogP contribution in [0.25, 0.3) is 21.5 Å². The van der Waals surface area contributed by atoms with Gasteiger partial charge in [0.05, 0.1) is 16.1 Å². The summed E-state index contributed by atoms with van der Waals surface area (Å²) in [5.41, 5.74) is 1.89. The number of fused-ring (bicyclic) bond motifs is 1. The Labute approximate surface area is 141 Å². The minimum Gasteiger partial charge on any atom is -0.355 e. The smallest absolute Gasteiger partial charge is 0.177 e. The van der Waals surface area contributed by atoms with Gasteiger partial charge in [-0.25, -0.2) is 9.97 Å². The van der Waals surface area contributed by atoms with Crippen LogP contribution in [0.15, 0.2) is 57.4 Å². The number of thiophene rings is 1. The quantitative estimate of drug-likeness (QED) is 0.389. The lowest BCUT2D eigenvalue weighted by Gasteiger charge is -2.05. The van der Waals surface area contributed by atoms with Gasteiger partial charge in [-0.3, -0.25) is 0 Å². The summed E-state index contributed by atoms with van der Waals surface area (Å²) in [6.07, 6.45) is 0. The molecule has 23 heavy (non-hydrogen) atoms. The van der Waals surface area contributed by atoms with Gasteiger partial charge in [-0.15, -0.1) is 11.3 Å². The molecule has 0 fully saturated rings. The lowest BCUT2D eigenvalue weighted by molar-refractivity contribution is 0.427.